The molecule has 166 valence electrons. The van der Waals surface area contributed by atoms with Crippen LogP contribution in [0.25, 0.3) is 10.9 Å². The first kappa shape index (κ1) is 22.0. The lowest BCUT2D eigenvalue weighted by Gasteiger charge is -2.05. The molecule has 1 N–H and O–H groups in total. The molecule has 0 saturated carbocycles. The van der Waals surface area contributed by atoms with Crippen molar-refractivity contribution in [2.75, 3.05) is 6.61 Å². The van der Waals surface area contributed by atoms with Gasteiger partial charge in [0, 0.05) is 40.3 Å². The van der Waals surface area contributed by atoms with Crippen molar-refractivity contribution in [2.45, 2.75) is 6.54 Å². The highest BCUT2D eigenvalue weighted by molar-refractivity contribution is 6.30. The van der Waals surface area contributed by atoms with E-state index in [-0.39, 0.29) is 16.5 Å². The highest BCUT2D eigenvalue weighted by atomic mass is 35.5. The molecule has 1 amide bonds. The number of rotatable bonds is 8. The van der Waals surface area contributed by atoms with Gasteiger partial charge in [0.15, 0.2) is 12.4 Å². The summed E-state index contributed by atoms with van der Waals surface area (Å²) in [6, 6.07) is 22.0. The third-order valence-electron chi connectivity index (χ3n) is 4.88. The van der Waals surface area contributed by atoms with Crippen molar-refractivity contribution >= 4 is 40.3 Å². The molecule has 0 aliphatic rings. The van der Waals surface area contributed by atoms with Gasteiger partial charge in [-0.05, 0) is 23.8 Å². The SMILES string of the molecule is O=C(COc1ccc(Cl)cc1[N+](=O)[O-])N/N=C/c1cn(Cc2ccccc2)c2ccccc12. The smallest absolute Gasteiger partial charge is 0.312 e. The fourth-order valence-corrected chi connectivity index (χ4v) is 3.56. The number of nitrogens with one attached hydrogen (secondary N) is 1. The number of hydrogen-bond acceptors (Lipinski definition) is 5. The number of aromatic nitrogens is 1. The van der Waals surface area contributed by atoms with Crippen molar-refractivity contribution in [3.8, 4) is 5.75 Å². The number of nitro groups is 1. The second-order valence-corrected chi connectivity index (χ2v) is 7.60. The summed E-state index contributed by atoms with van der Waals surface area (Å²) in [7, 11) is 0. The summed E-state index contributed by atoms with van der Waals surface area (Å²) in [6.07, 6.45) is 3.54. The van der Waals surface area contributed by atoms with Gasteiger partial charge in [0.2, 0.25) is 0 Å². The van der Waals surface area contributed by atoms with Gasteiger partial charge in [-0.3, -0.25) is 14.9 Å². The van der Waals surface area contributed by atoms with Crippen molar-refractivity contribution in [1.29, 1.82) is 0 Å². The van der Waals surface area contributed by atoms with Crippen LogP contribution in [0.3, 0.4) is 0 Å². The molecule has 0 aliphatic carbocycles. The summed E-state index contributed by atoms with van der Waals surface area (Å²) in [4.78, 5) is 22.6. The van der Waals surface area contributed by atoms with E-state index in [0.29, 0.717) is 6.54 Å². The maximum absolute atomic E-state index is 12.1. The lowest BCUT2D eigenvalue weighted by atomic mass is 10.2. The van der Waals surface area contributed by atoms with Crippen LogP contribution in [0.2, 0.25) is 5.02 Å². The Kier molecular flexibility index (Phi) is 6.66. The van der Waals surface area contributed by atoms with Crippen LogP contribution in [0.15, 0.2) is 84.1 Å². The van der Waals surface area contributed by atoms with Crippen LogP contribution < -0.4 is 10.2 Å². The van der Waals surface area contributed by atoms with E-state index in [1.165, 1.54) is 17.7 Å². The summed E-state index contributed by atoms with van der Waals surface area (Å²) in [5.74, 6) is -0.601. The Morgan fingerprint density at radius 2 is 1.88 bits per heavy atom. The Bertz CT molecular complexity index is 1340. The van der Waals surface area contributed by atoms with Crippen LogP contribution in [-0.2, 0) is 11.3 Å². The number of amides is 1. The van der Waals surface area contributed by atoms with E-state index in [2.05, 4.69) is 27.2 Å². The van der Waals surface area contributed by atoms with Crippen molar-refractivity contribution in [3.05, 3.63) is 105 Å². The highest BCUT2D eigenvalue weighted by Gasteiger charge is 2.16. The van der Waals surface area contributed by atoms with Gasteiger partial charge in [0.1, 0.15) is 0 Å². The van der Waals surface area contributed by atoms with E-state index in [4.69, 9.17) is 16.3 Å². The van der Waals surface area contributed by atoms with Crippen LogP contribution in [0.1, 0.15) is 11.1 Å². The molecule has 1 heterocycles. The number of ether oxygens (including phenoxy) is 1. The van der Waals surface area contributed by atoms with Crippen molar-refractivity contribution in [3.63, 3.8) is 0 Å². The van der Waals surface area contributed by atoms with Crippen LogP contribution in [0, 0.1) is 10.1 Å². The zero-order chi connectivity index (χ0) is 23.2. The molecular weight excluding hydrogens is 444 g/mol. The van der Waals surface area contributed by atoms with Gasteiger partial charge in [-0.1, -0.05) is 60.1 Å². The molecule has 4 aromatic rings. The van der Waals surface area contributed by atoms with Gasteiger partial charge in [-0.2, -0.15) is 5.10 Å². The average molecular weight is 463 g/mol. The highest BCUT2D eigenvalue weighted by Crippen LogP contribution is 2.29. The number of hydrazone groups is 1. The lowest BCUT2D eigenvalue weighted by molar-refractivity contribution is -0.385. The number of benzene rings is 3. The van der Waals surface area contributed by atoms with E-state index in [9.17, 15) is 14.9 Å². The largest absolute Gasteiger partial charge is 0.477 e. The molecule has 3 aromatic carbocycles. The van der Waals surface area contributed by atoms with Crippen molar-refractivity contribution in [1.82, 2.24) is 9.99 Å². The van der Waals surface area contributed by atoms with Crippen LogP contribution >= 0.6 is 11.6 Å². The maximum atomic E-state index is 12.1. The molecule has 0 unspecified atom stereocenters. The Hall–Kier alpha value is -4.17. The van der Waals surface area contributed by atoms with Gasteiger partial charge < -0.3 is 9.30 Å². The van der Waals surface area contributed by atoms with Gasteiger partial charge in [-0.25, -0.2) is 5.43 Å². The molecule has 0 aliphatic heterocycles. The van der Waals surface area contributed by atoms with Gasteiger partial charge in [-0.15, -0.1) is 0 Å². The fourth-order valence-electron chi connectivity index (χ4n) is 3.39. The minimum atomic E-state index is -0.623. The fraction of sp³-hybridized carbons (Fsp3) is 0.0833. The topological polar surface area (TPSA) is 98.8 Å². The van der Waals surface area contributed by atoms with Gasteiger partial charge in [0.25, 0.3) is 5.91 Å². The summed E-state index contributed by atoms with van der Waals surface area (Å²) in [5, 5.41) is 16.3. The maximum Gasteiger partial charge on any atom is 0.312 e. The predicted octanol–water partition coefficient (Wildman–Crippen LogP) is 4.78. The number of halogens is 1. The quantitative estimate of drug-likeness (QED) is 0.231. The third kappa shape index (κ3) is 5.36. The average Bonchev–Trinajstić information content (AvgIpc) is 3.16. The summed E-state index contributed by atoms with van der Waals surface area (Å²) in [6.45, 7) is 0.269. The first-order valence-corrected chi connectivity index (χ1v) is 10.4. The Balaban J connectivity index is 1.43. The van der Waals surface area contributed by atoms with E-state index in [1.807, 2.05) is 48.7 Å². The van der Waals surface area contributed by atoms with E-state index >= 15 is 0 Å². The Morgan fingerprint density at radius 1 is 1.12 bits per heavy atom. The Labute approximate surface area is 194 Å². The van der Waals surface area contributed by atoms with Gasteiger partial charge >= 0.3 is 5.69 Å². The number of carbonyl (C=O) groups is 1. The molecular formula is C24H19ClN4O4. The minimum Gasteiger partial charge on any atom is -0.477 e. The normalized spacial score (nSPS) is 11.1. The molecule has 1 aromatic heterocycles. The summed E-state index contributed by atoms with van der Waals surface area (Å²) < 4.78 is 7.39. The summed E-state index contributed by atoms with van der Waals surface area (Å²) >= 11 is 5.78. The number of nitrogens with zero attached hydrogens (tertiary/aromatic N) is 3. The van der Waals surface area contributed by atoms with Crippen LogP contribution in [0.4, 0.5) is 5.69 Å². The van der Waals surface area contributed by atoms with E-state index in [0.717, 1.165) is 22.5 Å². The first-order valence-electron chi connectivity index (χ1n) is 10.0. The number of para-hydroxylation sites is 1. The van der Waals surface area contributed by atoms with Crippen molar-refractivity contribution < 1.29 is 14.5 Å². The third-order valence-corrected chi connectivity index (χ3v) is 5.12. The number of nitro benzene ring substituents is 1. The monoisotopic (exact) mass is 462 g/mol. The molecule has 4 rings (SSSR count). The zero-order valence-electron chi connectivity index (χ0n) is 17.3. The predicted molar refractivity (Wildman–Crippen MR) is 127 cm³/mol. The molecule has 8 nitrogen and oxygen atoms in total. The second-order valence-electron chi connectivity index (χ2n) is 7.17. The van der Waals surface area contributed by atoms with Crippen molar-refractivity contribution in [2.24, 2.45) is 5.10 Å². The molecule has 9 heteroatoms. The standard InChI is InChI=1S/C24H19ClN4O4/c25-19-10-11-23(22(12-19)29(31)32)33-16-24(30)27-26-13-18-15-28(14-17-6-2-1-3-7-17)21-9-5-4-8-20(18)21/h1-13,15H,14,16H2,(H,27,30)/b26-13+. The molecule has 0 fully saturated rings. The number of carbonyl (C=O) groups excluding carboxylic acids is 1. The Morgan fingerprint density at radius 3 is 2.67 bits per heavy atom. The van der Waals surface area contributed by atoms with Crippen LogP contribution in [-0.4, -0.2) is 28.2 Å². The van der Waals surface area contributed by atoms with Gasteiger partial charge in [0.05, 0.1) is 11.1 Å². The molecule has 0 saturated heterocycles. The number of fused-ring (bicyclic) bond motifs is 1. The lowest BCUT2D eigenvalue weighted by Crippen LogP contribution is -2.24. The van der Waals surface area contributed by atoms with E-state index < -0.39 is 17.4 Å². The summed E-state index contributed by atoms with van der Waals surface area (Å²) in [5.41, 5.74) is 5.13. The molecule has 33 heavy (non-hydrogen) atoms. The minimum absolute atomic E-state index is 0.0486. The first-order chi connectivity index (χ1) is 16.0. The second kappa shape index (κ2) is 9.97. The molecule has 0 bridgehead atoms. The zero-order valence-corrected chi connectivity index (χ0v) is 18.1. The number of hydrogen-bond donors (Lipinski definition) is 1. The van der Waals surface area contributed by atoms with Crippen LogP contribution in [0.5, 0.6) is 5.75 Å². The molecule has 0 atom stereocenters. The molecule has 0 spiro atoms. The van der Waals surface area contributed by atoms with E-state index in [1.54, 1.807) is 6.21 Å². The molecule has 0 radical (unpaired) electrons.